The normalized spacial score (nSPS) is 13.9. The van der Waals surface area contributed by atoms with Crippen molar-refractivity contribution < 1.29 is 27.5 Å². The molecule has 3 rings (SSSR count). The van der Waals surface area contributed by atoms with Crippen molar-refractivity contribution in [3.05, 3.63) is 47.0 Å². The van der Waals surface area contributed by atoms with Gasteiger partial charge in [0.1, 0.15) is 5.69 Å². The van der Waals surface area contributed by atoms with E-state index in [1.807, 2.05) is 0 Å². The SMILES string of the molecule is CCOC(=O)c1nn(CCC(F)(F)F)c2c1CN(C(=O)c1ccccn1)CC2. The predicted molar refractivity (Wildman–Crippen MR) is 91.5 cm³/mol. The van der Waals surface area contributed by atoms with Crippen LogP contribution in [0.3, 0.4) is 0 Å². The Balaban J connectivity index is 1.89. The number of fused-ring (bicyclic) bond motifs is 1. The summed E-state index contributed by atoms with van der Waals surface area (Å²) in [6.45, 7) is 1.70. The van der Waals surface area contributed by atoms with Gasteiger partial charge in [-0.25, -0.2) is 4.79 Å². The Morgan fingerprint density at radius 2 is 2.07 bits per heavy atom. The van der Waals surface area contributed by atoms with Crippen molar-refractivity contribution in [1.29, 1.82) is 0 Å². The van der Waals surface area contributed by atoms with Crippen LogP contribution in [0.4, 0.5) is 13.2 Å². The highest BCUT2D eigenvalue weighted by Gasteiger charge is 2.33. The highest BCUT2D eigenvalue weighted by atomic mass is 19.4. The second-order valence-electron chi connectivity index (χ2n) is 6.27. The van der Waals surface area contributed by atoms with E-state index in [1.54, 1.807) is 25.1 Å². The first kappa shape index (κ1) is 19.8. The molecule has 0 fully saturated rings. The maximum atomic E-state index is 12.7. The molecule has 28 heavy (non-hydrogen) atoms. The lowest BCUT2D eigenvalue weighted by molar-refractivity contribution is -0.137. The summed E-state index contributed by atoms with van der Waals surface area (Å²) < 4.78 is 44.1. The third kappa shape index (κ3) is 4.32. The summed E-state index contributed by atoms with van der Waals surface area (Å²) in [5, 5.41) is 4.07. The standard InChI is InChI=1S/C18H19F3N4O3/c1-2-28-17(27)15-12-11-24(16(26)13-5-3-4-8-22-13)9-6-14(12)25(23-15)10-7-18(19,20)21/h3-5,8H,2,6-7,9-11H2,1H3. The summed E-state index contributed by atoms with van der Waals surface area (Å²) in [6, 6.07) is 4.96. The Hall–Kier alpha value is -2.91. The van der Waals surface area contributed by atoms with Gasteiger partial charge in [-0.3, -0.25) is 14.5 Å². The van der Waals surface area contributed by atoms with Gasteiger partial charge in [-0.05, 0) is 19.1 Å². The molecule has 0 saturated heterocycles. The van der Waals surface area contributed by atoms with Crippen LogP contribution in [0, 0.1) is 0 Å². The lowest BCUT2D eigenvalue weighted by Crippen LogP contribution is -2.37. The zero-order chi connectivity index (χ0) is 20.3. The lowest BCUT2D eigenvalue weighted by atomic mass is 10.0. The van der Waals surface area contributed by atoms with Crippen LogP contribution in [0.15, 0.2) is 24.4 Å². The number of halogens is 3. The lowest BCUT2D eigenvalue weighted by Gasteiger charge is -2.27. The molecule has 7 nitrogen and oxygen atoms in total. The number of aryl methyl sites for hydroxylation is 1. The molecule has 0 aliphatic carbocycles. The second kappa shape index (κ2) is 7.99. The molecule has 0 atom stereocenters. The third-order valence-corrected chi connectivity index (χ3v) is 4.38. The first-order chi connectivity index (χ1) is 13.3. The molecule has 2 aromatic heterocycles. The van der Waals surface area contributed by atoms with Gasteiger partial charge in [-0.1, -0.05) is 6.07 Å². The van der Waals surface area contributed by atoms with Crippen molar-refractivity contribution in [2.75, 3.05) is 13.2 Å². The number of pyridine rings is 1. The van der Waals surface area contributed by atoms with Gasteiger partial charge in [-0.2, -0.15) is 18.3 Å². The summed E-state index contributed by atoms with van der Waals surface area (Å²) in [7, 11) is 0. The number of alkyl halides is 3. The van der Waals surface area contributed by atoms with Crippen LogP contribution < -0.4 is 0 Å². The summed E-state index contributed by atoms with van der Waals surface area (Å²) in [5.41, 5.74) is 1.17. The topological polar surface area (TPSA) is 77.3 Å². The van der Waals surface area contributed by atoms with E-state index in [1.165, 1.54) is 15.8 Å². The minimum Gasteiger partial charge on any atom is -0.461 e. The fourth-order valence-electron chi connectivity index (χ4n) is 3.10. The summed E-state index contributed by atoms with van der Waals surface area (Å²) >= 11 is 0. The van der Waals surface area contributed by atoms with Crippen LogP contribution in [0.2, 0.25) is 0 Å². The highest BCUT2D eigenvalue weighted by molar-refractivity contribution is 5.93. The molecular formula is C18H19F3N4O3. The number of esters is 1. The second-order valence-corrected chi connectivity index (χ2v) is 6.27. The fourth-order valence-corrected chi connectivity index (χ4v) is 3.10. The molecule has 0 N–H and O–H groups in total. The number of hydrogen-bond donors (Lipinski definition) is 0. The summed E-state index contributed by atoms with van der Waals surface area (Å²) in [5.74, 6) is -1.03. The van der Waals surface area contributed by atoms with E-state index < -0.39 is 18.6 Å². The van der Waals surface area contributed by atoms with Crippen LogP contribution >= 0.6 is 0 Å². The smallest absolute Gasteiger partial charge is 0.390 e. The number of hydrogen-bond acceptors (Lipinski definition) is 5. The maximum absolute atomic E-state index is 12.7. The first-order valence-corrected chi connectivity index (χ1v) is 8.83. The van der Waals surface area contributed by atoms with Crippen LogP contribution in [-0.2, 0) is 24.2 Å². The van der Waals surface area contributed by atoms with Gasteiger partial charge in [0.05, 0.1) is 19.6 Å². The van der Waals surface area contributed by atoms with Crippen molar-refractivity contribution in [3.63, 3.8) is 0 Å². The summed E-state index contributed by atoms with van der Waals surface area (Å²) in [6.07, 6.45) is -3.60. The van der Waals surface area contributed by atoms with Crippen molar-refractivity contribution in [1.82, 2.24) is 19.7 Å². The number of aromatic nitrogens is 3. The number of carbonyl (C=O) groups is 2. The Labute approximate surface area is 159 Å². The molecule has 0 bridgehead atoms. The number of nitrogens with zero attached hydrogens (tertiary/aromatic N) is 4. The Kier molecular flexibility index (Phi) is 5.66. The molecule has 10 heteroatoms. The van der Waals surface area contributed by atoms with Crippen molar-refractivity contribution in [2.45, 2.75) is 39.0 Å². The molecule has 3 heterocycles. The molecule has 1 aliphatic heterocycles. The van der Waals surface area contributed by atoms with Gasteiger partial charge in [0.2, 0.25) is 0 Å². The van der Waals surface area contributed by atoms with Crippen LogP contribution in [-0.4, -0.2) is 50.9 Å². The van der Waals surface area contributed by atoms with E-state index in [4.69, 9.17) is 4.74 Å². The molecule has 0 unspecified atom stereocenters. The predicted octanol–water partition coefficient (Wildman–Crippen LogP) is 2.61. The minimum absolute atomic E-state index is 0.0439. The molecule has 0 aromatic carbocycles. The monoisotopic (exact) mass is 396 g/mol. The van der Waals surface area contributed by atoms with Crippen LogP contribution in [0.25, 0.3) is 0 Å². The van der Waals surface area contributed by atoms with Crippen LogP contribution in [0.1, 0.15) is 45.6 Å². The number of carbonyl (C=O) groups excluding carboxylic acids is 2. The van der Waals surface area contributed by atoms with E-state index in [0.29, 0.717) is 17.8 Å². The van der Waals surface area contributed by atoms with E-state index >= 15 is 0 Å². The maximum Gasteiger partial charge on any atom is 0.390 e. The Morgan fingerprint density at radius 3 is 2.71 bits per heavy atom. The van der Waals surface area contributed by atoms with Gasteiger partial charge in [0, 0.05) is 37.0 Å². The van der Waals surface area contributed by atoms with E-state index in [0.717, 1.165) is 0 Å². The average Bonchev–Trinajstić information content (AvgIpc) is 3.04. The van der Waals surface area contributed by atoms with Crippen LogP contribution in [0.5, 0.6) is 0 Å². The molecule has 2 aromatic rings. The fraction of sp³-hybridized carbons (Fsp3) is 0.444. The zero-order valence-electron chi connectivity index (χ0n) is 15.2. The van der Waals surface area contributed by atoms with Gasteiger partial charge >= 0.3 is 12.1 Å². The quantitative estimate of drug-likeness (QED) is 0.726. The number of amides is 1. The van der Waals surface area contributed by atoms with Gasteiger partial charge in [0.25, 0.3) is 5.91 Å². The molecule has 0 radical (unpaired) electrons. The first-order valence-electron chi connectivity index (χ1n) is 8.83. The van der Waals surface area contributed by atoms with Gasteiger partial charge < -0.3 is 9.64 Å². The number of rotatable bonds is 5. The van der Waals surface area contributed by atoms with E-state index in [2.05, 4.69) is 10.1 Å². The molecular weight excluding hydrogens is 377 g/mol. The van der Waals surface area contributed by atoms with Gasteiger partial charge in [-0.15, -0.1) is 0 Å². The van der Waals surface area contributed by atoms with Crippen molar-refractivity contribution in [2.24, 2.45) is 0 Å². The van der Waals surface area contributed by atoms with Gasteiger partial charge in [0.15, 0.2) is 5.69 Å². The number of ether oxygens (including phenoxy) is 1. The van der Waals surface area contributed by atoms with Crippen molar-refractivity contribution in [3.8, 4) is 0 Å². The van der Waals surface area contributed by atoms with E-state index in [-0.39, 0.29) is 43.4 Å². The Bertz CT molecular complexity index is 865. The molecule has 0 saturated carbocycles. The molecule has 150 valence electrons. The van der Waals surface area contributed by atoms with Crippen molar-refractivity contribution >= 4 is 11.9 Å². The Morgan fingerprint density at radius 1 is 1.29 bits per heavy atom. The molecule has 1 amide bonds. The third-order valence-electron chi connectivity index (χ3n) is 4.38. The highest BCUT2D eigenvalue weighted by Crippen LogP contribution is 2.27. The average molecular weight is 396 g/mol. The largest absolute Gasteiger partial charge is 0.461 e. The molecule has 1 aliphatic rings. The van der Waals surface area contributed by atoms with E-state index in [9.17, 15) is 22.8 Å². The molecule has 0 spiro atoms. The minimum atomic E-state index is -4.33. The zero-order valence-corrected chi connectivity index (χ0v) is 15.2. The summed E-state index contributed by atoms with van der Waals surface area (Å²) in [4.78, 5) is 30.4.